The maximum Gasteiger partial charge on any atom is 0.257 e. The van der Waals surface area contributed by atoms with Gasteiger partial charge < -0.3 is 15.8 Å². The fourth-order valence-electron chi connectivity index (χ4n) is 1.69. The zero-order valence-electron chi connectivity index (χ0n) is 11.7. The van der Waals surface area contributed by atoms with E-state index in [2.05, 4.69) is 37.2 Å². The smallest absolute Gasteiger partial charge is 0.257 e. The van der Waals surface area contributed by atoms with Crippen molar-refractivity contribution in [1.29, 1.82) is 5.26 Å². The molecule has 0 bridgehead atoms. The van der Waals surface area contributed by atoms with Gasteiger partial charge in [-0.1, -0.05) is 0 Å². The van der Waals surface area contributed by atoms with Crippen molar-refractivity contribution in [2.45, 2.75) is 25.8 Å². The van der Waals surface area contributed by atoms with Gasteiger partial charge in [0.2, 0.25) is 0 Å². The lowest BCUT2D eigenvalue weighted by atomic mass is 10.1. The molecule has 0 saturated heterocycles. The summed E-state index contributed by atoms with van der Waals surface area (Å²) in [6.07, 6.45) is 1.04. The minimum atomic E-state index is -0.260. The van der Waals surface area contributed by atoms with Crippen LogP contribution in [-0.4, -0.2) is 25.1 Å². The summed E-state index contributed by atoms with van der Waals surface area (Å²) in [6.45, 7) is 2.17. The molecule has 114 valence electrons. The first kappa shape index (κ1) is 18.0. The van der Waals surface area contributed by atoms with E-state index in [0.29, 0.717) is 12.3 Å². The number of hydrogen-bond donors (Lipinski definition) is 2. The lowest BCUT2D eigenvalue weighted by Crippen LogP contribution is -2.29. The Hall–Kier alpha value is -1.10. The van der Waals surface area contributed by atoms with E-state index in [1.54, 1.807) is 0 Å². The highest BCUT2D eigenvalue weighted by atomic mass is 79.9. The molecule has 1 aromatic carbocycles. The Morgan fingerprint density at radius 3 is 2.62 bits per heavy atom. The Bertz CT molecular complexity index is 519. The molecule has 1 amide bonds. The Labute approximate surface area is 141 Å². The van der Waals surface area contributed by atoms with Crippen LogP contribution in [0.1, 0.15) is 18.9 Å². The molecule has 7 heteroatoms. The van der Waals surface area contributed by atoms with Gasteiger partial charge in [0, 0.05) is 12.6 Å². The molecular formula is C14H17Br2N3O2. The summed E-state index contributed by atoms with van der Waals surface area (Å²) in [7, 11) is 0. The molecule has 1 rings (SSSR count). The van der Waals surface area contributed by atoms with Crippen molar-refractivity contribution in [3.63, 3.8) is 0 Å². The Morgan fingerprint density at radius 2 is 2.10 bits per heavy atom. The van der Waals surface area contributed by atoms with Gasteiger partial charge in [-0.15, -0.1) is 0 Å². The Kier molecular flexibility index (Phi) is 7.72. The van der Waals surface area contributed by atoms with Gasteiger partial charge in [-0.2, -0.15) is 5.26 Å². The lowest BCUT2D eigenvalue weighted by molar-refractivity contribution is -0.123. The number of amides is 1. The number of hydrogen-bond acceptors (Lipinski definition) is 4. The first-order valence-electron chi connectivity index (χ1n) is 6.44. The molecule has 1 aromatic rings. The van der Waals surface area contributed by atoms with Gasteiger partial charge in [0.1, 0.15) is 5.75 Å². The van der Waals surface area contributed by atoms with Crippen LogP contribution in [0, 0.1) is 11.3 Å². The van der Waals surface area contributed by atoms with E-state index in [9.17, 15) is 4.79 Å². The number of halogens is 2. The fourth-order valence-corrected chi connectivity index (χ4v) is 3.20. The summed E-state index contributed by atoms with van der Waals surface area (Å²) in [5.74, 6) is 0.308. The van der Waals surface area contributed by atoms with Crippen LogP contribution >= 0.6 is 31.9 Å². The van der Waals surface area contributed by atoms with Crippen LogP contribution in [0.5, 0.6) is 5.75 Å². The fraction of sp³-hybridized carbons (Fsp3) is 0.429. The first-order chi connectivity index (χ1) is 9.93. The molecule has 1 atom stereocenters. The molecule has 0 fully saturated rings. The molecule has 0 heterocycles. The Balaban J connectivity index is 2.63. The number of carbonyl (C=O) groups excluding carboxylic acids is 1. The largest absolute Gasteiger partial charge is 0.481 e. The minimum absolute atomic E-state index is 0.0708. The standard InChI is InChI=1S/C14H17Br2N3O2/c1-9(18)5-10-6-11(15)14(12(16)7-10)21-8-13(20)19-4-2-3-17/h6-7,9H,2,4-5,8,18H2,1H3,(H,19,20). The van der Waals surface area contributed by atoms with Crippen molar-refractivity contribution in [1.82, 2.24) is 5.32 Å². The number of ether oxygens (including phenoxy) is 1. The van der Waals surface area contributed by atoms with Crippen LogP contribution in [0.2, 0.25) is 0 Å². The molecule has 3 N–H and O–H groups in total. The van der Waals surface area contributed by atoms with Gasteiger partial charge in [0.25, 0.3) is 5.91 Å². The number of nitrogens with zero attached hydrogens (tertiary/aromatic N) is 1. The van der Waals surface area contributed by atoms with Crippen LogP contribution in [-0.2, 0) is 11.2 Å². The highest BCUT2D eigenvalue weighted by molar-refractivity contribution is 9.11. The van der Waals surface area contributed by atoms with Crippen LogP contribution in [0.3, 0.4) is 0 Å². The average Bonchev–Trinajstić information content (AvgIpc) is 2.37. The maximum atomic E-state index is 11.5. The summed E-state index contributed by atoms with van der Waals surface area (Å²) in [6, 6.07) is 5.88. The van der Waals surface area contributed by atoms with Gasteiger partial charge in [0.05, 0.1) is 21.4 Å². The maximum absolute atomic E-state index is 11.5. The van der Waals surface area contributed by atoms with Crippen molar-refractivity contribution in [2.75, 3.05) is 13.2 Å². The molecule has 0 saturated carbocycles. The topological polar surface area (TPSA) is 88.1 Å². The number of benzene rings is 1. The number of rotatable bonds is 7. The second-order valence-electron chi connectivity index (χ2n) is 4.62. The third kappa shape index (κ3) is 6.46. The van der Waals surface area contributed by atoms with Crippen molar-refractivity contribution in [3.05, 3.63) is 26.6 Å². The summed E-state index contributed by atoms with van der Waals surface area (Å²) >= 11 is 6.86. The van der Waals surface area contributed by atoms with E-state index >= 15 is 0 Å². The van der Waals surface area contributed by atoms with Crippen LogP contribution in [0.15, 0.2) is 21.1 Å². The molecule has 0 radical (unpaired) electrons. The minimum Gasteiger partial charge on any atom is -0.481 e. The number of nitriles is 1. The lowest BCUT2D eigenvalue weighted by Gasteiger charge is -2.13. The van der Waals surface area contributed by atoms with E-state index in [1.165, 1.54) is 0 Å². The molecule has 0 aliphatic rings. The zero-order chi connectivity index (χ0) is 15.8. The number of nitrogens with one attached hydrogen (secondary N) is 1. The highest BCUT2D eigenvalue weighted by Crippen LogP contribution is 2.35. The average molecular weight is 419 g/mol. The van der Waals surface area contributed by atoms with Crippen molar-refractivity contribution < 1.29 is 9.53 Å². The third-order valence-corrected chi connectivity index (χ3v) is 3.70. The van der Waals surface area contributed by atoms with E-state index < -0.39 is 0 Å². The Morgan fingerprint density at radius 1 is 1.48 bits per heavy atom. The van der Waals surface area contributed by atoms with Crippen LogP contribution < -0.4 is 15.8 Å². The van der Waals surface area contributed by atoms with E-state index in [-0.39, 0.29) is 25.0 Å². The van der Waals surface area contributed by atoms with Crippen molar-refractivity contribution in [3.8, 4) is 11.8 Å². The van der Waals surface area contributed by atoms with Gasteiger partial charge in [-0.05, 0) is 62.9 Å². The molecule has 0 aromatic heterocycles. The van der Waals surface area contributed by atoms with Gasteiger partial charge in [0.15, 0.2) is 6.61 Å². The van der Waals surface area contributed by atoms with Crippen molar-refractivity contribution >= 4 is 37.8 Å². The molecule has 21 heavy (non-hydrogen) atoms. The second-order valence-corrected chi connectivity index (χ2v) is 6.33. The highest BCUT2D eigenvalue weighted by Gasteiger charge is 2.12. The third-order valence-electron chi connectivity index (χ3n) is 2.52. The van der Waals surface area contributed by atoms with Gasteiger partial charge in [-0.3, -0.25) is 4.79 Å². The molecule has 0 aliphatic carbocycles. The van der Waals surface area contributed by atoms with E-state index in [0.717, 1.165) is 20.9 Å². The van der Waals surface area contributed by atoms with Crippen molar-refractivity contribution in [2.24, 2.45) is 5.73 Å². The molecule has 0 aliphatic heterocycles. The SMILES string of the molecule is CC(N)Cc1cc(Br)c(OCC(=O)NCCC#N)c(Br)c1. The van der Waals surface area contributed by atoms with E-state index in [4.69, 9.17) is 15.7 Å². The zero-order valence-corrected chi connectivity index (χ0v) is 14.8. The summed E-state index contributed by atoms with van der Waals surface area (Å²) in [5, 5.41) is 11.0. The predicted molar refractivity (Wildman–Crippen MR) is 87.9 cm³/mol. The molecule has 5 nitrogen and oxygen atoms in total. The first-order valence-corrected chi connectivity index (χ1v) is 8.02. The van der Waals surface area contributed by atoms with Crippen LogP contribution in [0.25, 0.3) is 0 Å². The summed E-state index contributed by atoms with van der Waals surface area (Å²) < 4.78 is 7.02. The van der Waals surface area contributed by atoms with Crippen LogP contribution in [0.4, 0.5) is 0 Å². The quantitative estimate of drug-likeness (QED) is 0.666. The second kappa shape index (κ2) is 9.03. The molecular weight excluding hydrogens is 402 g/mol. The predicted octanol–water partition coefficient (Wildman–Crippen LogP) is 2.51. The summed E-state index contributed by atoms with van der Waals surface area (Å²) in [4.78, 5) is 11.5. The number of nitrogens with two attached hydrogens (primary N) is 1. The van der Waals surface area contributed by atoms with Gasteiger partial charge in [-0.25, -0.2) is 0 Å². The molecule has 0 spiro atoms. The molecule has 1 unspecified atom stereocenters. The monoisotopic (exact) mass is 417 g/mol. The van der Waals surface area contributed by atoms with E-state index in [1.807, 2.05) is 25.1 Å². The van der Waals surface area contributed by atoms with Gasteiger partial charge >= 0.3 is 0 Å². The summed E-state index contributed by atoms with van der Waals surface area (Å²) in [5.41, 5.74) is 6.86. The normalized spacial score (nSPS) is 11.6. The number of carbonyl (C=O) groups is 1.